The molecule has 0 aliphatic heterocycles. The second-order valence-corrected chi connectivity index (χ2v) is 7.00. The average molecular weight is 511 g/mol. The first-order valence-corrected chi connectivity index (χ1v) is 9.56. The number of carbonyl (C=O) groups excluding carboxylic acids is 2. The minimum absolute atomic E-state index is 0.0272. The van der Waals surface area contributed by atoms with Crippen LogP contribution in [0.15, 0.2) is 59.2 Å². The van der Waals surface area contributed by atoms with Gasteiger partial charge in [-0.25, -0.2) is 9.18 Å². The Balaban J connectivity index is 1.70. The van der Waals surface area contributed by atoms with Crippen LogP contribution in [0.1, 0.15) is 10.5 Å². The number of aromatic nitrogens is 1. The standard InChI is InChI=1S/C20H14BrF3N4O4/c21-10-1-4-17(32-19(23)24)15(7-10)28-20(30)27-14-3-2-11(8-13(14)22)31-12-5-6-26-16(9-12)18(25)29/h1-9,19H,(H2,25,29)(H2,27,28,30). The molecule has 0 saturated heterocycles. The van der Waals surface area contributed by atoms with Crippen LogP contribution in [-0.2, 0) is 0 Å². The number of anilines is 2. The maximum atomic E-state index is 14.4. The van der Waals surface area contributed by atoms with Gasteiger partial charge in [0, 0.05) is 22.8 Å². The molecule has 32 heavy (non-hydrogen) atoms. The molecule has 0 spiro atoms. The lowest BCUT2D eigenvalue weighted by Gasteiger charge is -2.14. The number of urea groups is 1. The number of pyridine rings is 1. The van der Waals surface area contributed by atoms with Crippen molar-refractivity contribution in [1.29, 1.82) is 0 Å². The molecule has 0 saturated carbocycles. The molecule has 0 aliphatic rings. The Morgan fingerprint density at radius 2 is 1.72 bits per heavy atom. The van der Waals surface area contributed by atoms with Gasteiger partial charge in [0.15, 0.2) is 0 Å². The van der Waals surface area contributed by atoms with Gasteiger partial charge >= 0.3 is 12.6 Å². The summed E-state index contributed by atoms with van der Waals surface area (Å²) in [6.07, 6.45) is 1.31. The number of primary amides is 1. The fourth-order valence-corrected chi connectivity index (χ4v) is 2.84. The van der Waals surface area contributed by atoms with E-state index in [2.05, 4.69) is 36.3 Å². The van der Waals surface area contributed by atoms with Gasteiger partial charge in [-0.1, -0.05) is 15.9 Å². The van der Waals surface area contributed by atoms with E-state index in [4.69, 9.17) is 10.5 Å². The lowest BCUT2D eigenvalue weighted by molar-refractivity contribution is -0.0493. The van der Waals surface area contributed by atoms with Gasteiger partial charge in [0.05, 0.1) is 11.4 Å². The van der Waals surface area contributed by atoms with E-state index >= 15 is 0 Å². The summed E-state index contributed by atoms with van der Waals surface area (Å²) in [4.78, 5) is 27.2. The van der Waals surface area contributed by atoms with Crippen molar-refractivity contribution in [3.8, 4) is 17.2 Å². The fraction of sp³-hybridized carbons (Fsp3) is 0.0500. The number of hydrogen-bond acceptors (Lipinski definition) is 5. The highest BCUT2D eigenvalue weighted by Gasteiger charge is 2.14. The summed E-state index contributed by atoms with van der Waals surface area (Å²) in [7, 11) is 0. The van der Waals surface area contributed by atoms with E-state index in [0.29, 0.717) is 4.47 Å². The van der Waals surface area contributed by atoms with Crippen molar-refractivity contribution in [1.82, 2.24) is 4.98 Å². The lowest BCUT2D eigenvalue weighted by Crippen LogP contribution is -2.21. The molecule has 8 nitrogen and oxygen atoms in total. The molecule has 2 aromatic carbocycles. The van der Waals surface area contributed by atoms with Crippen LogP contribution in [0.25, 0.3) is 0 Å². The van der Waals surface area contributed by atoms with Crippen molar-refractivity contribution < 1.29 is 32.2 Å². The van der Waals surface area contributed by atoms with Gasteiger partial charge in [0.25, 0.3) is 5.91 Å². The molecular weight excluding hydrogens is 497 g/mol. The predicted molar refractivity (Wildman–Crippen MR) is 113 cm³/mol. The molecule has 12 heteroatoms. The number of benzene rings is 2. The van der Waals surface area contributed by atoms with Crippen molar-refractivity contribution in [2.24, 2.45) is 5.73 Å². The zero-order valence-electron chi connectivity index (χ0n) is 15.9. The Bertz CT molecular complexity index is 1160. The smallest absolute Gasteiger partial charge is 0.387 e. The third-order valence-electron chi connectivity index (χ3n) is 3.81. The molecule has 3 aromatic rings. The maximum Gasteiger partial charge on any atom is 0.387 e. The third-order valence-corrected chi connectivity index (χ3v) is 4.31. The van der Waals surface area contributed by atoms with Crippen molar-refractivity contribution >= 4 is 39.2 Å². The highest BCUT2D eigenvalue weighted by molar-refractivity contribution is 9.10. The molecule has 3 amide bonds. The SMILES string of the molecule is NC(=O)c1cc(Oc2ccc(NC(=O)Nc3cc(Br)ccc3OC(F)F)c(F)c2)ccn1. The van der Waals surface area contributed by atoms with Crippen LogP contribution in [0.5, 0.6) is 17.2 Å². The first-order chi connectivity index (χ1) is 15.2. The molecular formula is C20H14BrF3N4O4. The summed E-state index contributed by atoms with van der Waals surface area (Å²) in [5.74, 6) is -1.57. The van der Waals surface area contributed by atoms with Gasteiger partial charge in [-0.2, -0.15) is 8.78 Å². The minimum atomic E-state index is -3.09. The summed E-state index contributed by atoms with van der Waals surface area (Å²) in [6.45, 7) is -3.09. The van der Waals surface area contributed by atoms with Crippen LogP contribution in [0.3, 0.4) is 0 Å². The number of nitrogens with zero attached hydrogens (tertiary/aromatic N) is 1. The average Bonchev–Trinajstić information content (AvgIpc) is 2.72. The van der Waals surface area contributed by atoms with Crippen molar-refractivity contribution in [3.63, 3.8) is 0 Å². The first-order valence-electron chi connectivity index (χ1n) is 8.77. The van der Waals surface area contributed by atoms with Crippen LogP contribution in [0, 0.1) is 5.82 Å². The number of nitrogens with one attached hydrogen (secondary N) is 2. The van der Waals surface area contributed by atoms with Crippen LogP contribution in [0.2, 0.25) is 0 Å². The molecule has 0 atom stereocenters. The number of amides is 3. The molecule has 1 aromatic heterocycles. The van der Waals surface area contributed by atoms with E-state index in [-0.39, 0.29) is 34.3 Å². The largest absolute Gasteiger partial charge is 0.457 e. The number of carbonyl (C=O) groups is 2. The van der Waals surface area contributed by atoms with Crippen molar-refractivity contribution in [2.45, 2.75) is 6.61 Å². The van der Waals surface area contributed by atoms with Crippen molar-refractivity contribution in [2.75, 3.05) is 10.6 Å². The third kappa shape index (κ3) is 6.11. The normalized spacial score (nSPS) is 10.5. The van der Waals surface area contributed by atoms with Crippen LogP contribution in [-0.4, -0.2) is 23.5 Å². The number of nitrogens with two attached hydrogens (primary N) is 1. The summed E-state index contributed by atoms with van der Waals surface area (Å²) in [5.41, 5.74) is 4.87. The van der Waals surface area contributed by atoms with E-state index in [1.807, 2.05) is 0 Å². The van der Waals surface area contributed by atoms with Gasteiger partial charge in [0.1, 0.15) is 28.8 Å². The maximum absolute atomic E-state index is 14.4. The second kappa shape index (κ2) is 10.0. The highest BCUT2D eigenvalue weighted by atomic mass is 79.9. The lowest BCUT2D eigenvalue weighted by atomic mass is 10.2. The van der Waals surface area contributed by atoms with E-state index < -0.39 is 24.4 Å². The number of rotatable bonds is 7. The van der Waals surface area contributed by atoms with Gasteiger partial charge < -0.3 is 25.8 Å². The zero-order valence-corrected chi connectivity index (χ0v) is 17.5. The molecule has 0 fully saturated rings. The molecule has 0 unspecified atom stereocenters. The van der Waals surface area contributed by atoms with Gasteiger partial charge in [-0.3, -0.25) is 9.78 Å². The van der Waals surface area contributed by atoms with Crippen LogP contribution in [0.4, 0.5) is 29.3 Å². The Morgan fingerprint density at radius 1 is 1.00 bits per heavy atom. The van der Waals surface area contributed by atoms with Gasteiger partial charge in [-0.05, 0) is 36.4 Å². The van der Waals surface area contributed by atoms with Crippen LogP contribution >= 0.6 is 15.9 Å². The quantitative estimate of drug-likeness (QED) is 0.408. The summed E-state index contributed by atoms with van der Waals surface area (Å²) in [6, 6.07) is 9.48. The Morgan fingerprint density at radius 3 is 2.41 bits per heavy atom. The molecule has 0 bridgehead atoms. The Kier molecular flexibility index (Phi) is 7.15. The zero-order chi connectivity index (χ0) is 23.3. The van der Waals surface area contributed by atoms with E-state index in [0.717, 1.165) is 6.07 Å². The molecule has 1 heterocycles. The van der Waals surface area contributed by atoms with Gasteiger partial charge in [-0.15, -0.1) is 0 Å². The number of ether oxygens (including phenoxy) is 2. The van der Waals surface area contributed by atoms with Crippen LogP contribution < -0.4 is 25.8 Å². The number of halogens is 4. The molecule has 166 valence electrons. The van der Waals surface area contributed by atoms with E-state index in [9.17, 15) is 22.8 Å². The van der Waals surface area contributed by atoms with Gasteiger partial charge in [0.2, 0.25) is 0 Å². The topological polar surface area (TPSA) is 116 Å². The molecule has 3 rings (SSSR count). The summed E-state index contributed by atoms with van der Waals surface area (Å²) < 4.78 is 49.8. The summed E-state index contributed by atoms with van der Waals surface area (Å²) in [5, 5.41) is 4.58. The summed E-state index contributed by atoms with van der Waals surface area (Å²) >= 11 is 3.16. The predicted octanol–water partition coefficient (Wildman–Crippen LogP) is 5.12. The minimum Gasteiger partial charge on any atom is -0.457 e. The van der Waals surface area contributed by atoms with E-state index in [1.54, 1.807) is 0 Å². The second-order valence-electron chi connectivity index (χ2n) is 6.08. The van der Waals surface area contributed by atoms with E-state index in [1.165, 1.54) is 48.7 Å². The molecule has 0 radical (unpaired) electrons. The first kappa shape index (κ1) is 22.9. The Labute approximate surface area is 187 Å². The monoisotopic (exact) mass is 510 g/mol. The number of alkyl halides is 2. The highest BCUT2D eigenvalue weighted by Crippen LogP contribution is 2.30. The molecule has 0 aliphatic carbocycles. The fourth-order valence-electron chi connectivity index (χ4n) is 2.48. The number of hydrogen-bond donors (Lipinski definition) is 3. The van der Waals surface area contributed by atoms with Crippen molar-refractivity contribution in [3.05, 3.63) is 70.7 Å². The molecule has 4 N–H and O–H groups in total. The Hall–Kier alpha value is -3.80.